The second kappa shape index (κ2) is 6.52. The van der Waals surface area contributed by atoms with Crippen molar-refractivity contribution in [1.29, 1.82) is 0 Å². The number of hydrogen-bond acceptors (Lipinski definition) is 3. The summed E-state index contributed by atoms with van der Waals surface area (Å²) < 4.78 is 19.1. The molecule has 2 rings (SSSR count). The van der Waals surface area contributed by atoms with Gasteiger partial charge in [-0.15, -0.1) is 0 Å². The highest BCUT2D eigenvalue weighted by molar-refractivity contribution is 6.30. The van der Waals surface area contributed by atoms with Crippen molar-refractivity contribution in [3.8, 4) is 0 Å². The summed E-state index contributed by atoms with van der Waals surface area (Å²) in [6.07, 6.45) is 0.919. The average molecular weight is 301 g/mol. The predicted octanol–water partition coefficient (Wildman–Crippen LogP) is 2.12. The van der Waals surface area contributed by atoms with Crippen LogP contribution in [0.25, 0.3) is 0 Å². The monoisotopic (exact) mass is 300 g/mol. The number of hydrogen-bond donors (Lipinski definition) is 1. The van der Waals surface area contributed by atoms with E-state index in [2.05, 4.69) is 0 Å². The number of carbonyl (C=O) groups is 1. The molecule has 2 N–H and O–H groups in total. The van der Waals surface area contributed by atoms with Crippen LogP contribution in [0.1, 0.15) is 24.4 Å². The normalized spacial score (nSPS) is 23.2. The lowest BCUT2D eigenvalue weighted by atomic mass is 9.90. The van der Waals surface area contributed by atoms with Crippen molar-refractivity contribution in [3.63, 3.8) is 0 Å². The van der Waals surface area contributed by atoms with E-state index >= 15 is 0 Å². The van der Waals surface area contributed by atoms with E-state index in [9.17, 15) is 9.18 Å². The number of methoxy groups -OCH3 is 1. The molecule has 110 valence electrons. The van der Waals surface area contributed by atoms with Crippen LogP contribution in [-0.2, 0) is 9.53 Å². The Morgan fingerprint density at radius 1 is 1.55 bits per heavy atom. The first-order chi connectivity index (χ1) is 9.54. The van der Waals surface area contributed by atoms with Gasteiger partial charge in [-0.25, -0.2) is 4.39 Å². The Bertz CT molecular complexity index is 498. The second-order valence-electron chi connectivity index (χ2n) is 4.89. The number of nitrogens with two attached hydrogens (primary N) is 1. The molecular formula is C14H18ClFN2O2. The number of ether oxygens (including phenoxy) is 1. The Morgan fingerprint density at radius 3 is 3.00 bits per heavy atom. The maximum absolute atomic E-state index is 14.1. The SMILES string of the molecule is COCCN1C(=O)CCC(N)C1c1cc(Cl)ccc1F. The summed E-state index contributed by atoms with van der Waals surface area (Å²) in [5, 5.41) is 0.429. The van der Waals surface area contributed by atoms with Gasteiger partial charge in [0, 0.05) is 36.7 Å². The molecule has 6 heteroatoms. The zero-order valence-corrected chi connectivity index (χ0v) is 12.1. The summed E-state index contributed by atoms with van der Waals surface area (Å²) in [7, 11) is 1.56. The molecule has 1 amide bonds. The number of piperidine rings is 1. The van der Waals surface area contributed by atoms with E-state index in [1.54, 1.807) is 18.1 Å². The van der Waals surface area contributed by atoms with Crippen LogP contribution in [0.4, 0.5) is 4.39 Å². The number of carbonyl (C=O) groups excluding carboxylic acids is 1. The van der Waals surface area contributed by atoms with Crippen molar-refractivity contribution in [1.82, 2.24) is 4.90 Å². The molecule has 1 heterocycles. The molecular weight excluding hydrogens is 283 g/mol. The van der Waals surface area contributed by atoms with Gasteiger partial charge >= 0.3 is 0 Å². The van der Waals surface area contributed by atoms with E-state index in [0.29, 0.717) is 36.6 Å². The second-order valence-corrected chi connectivity index (χ2v) is 5.33. The number of nitrogens with zero attached hydrogens (tertiary/aromatic N) is 1. The van der Waals surface area contributed by atoms with Crippen molar-refractivity contribution in [3.05, 3.63) is 34.6 Å². The Morgan fingerprint density at radius 2 is 2.30 bits per heavy atom. The van der Waals surface area contributed by atoms with Crippen LogP contribution in [-0.4, -0.2) is 37.1 Å². The van der Waals surface area contributed by atoms with E-state index in [1.165, 1.54) is 12.1 Å². The third kappa shape index (κ3) is 3.11. The van der Waals surface area contributed by atoms with Gasteiger partial charge in [0.25, 0.3) is 0 Å². The third-order valence-corrected chi connectivity index (χ3v) is 3.80. The summed E-state index contributed by atoms with van der Waals surface area (Å²) in [5.74, 6) is -0.430. The van der Waals surface area contributed by atoms with Crippen LogP contribution >= 0.6 is 11.6 Å². The molecule has 0 bridgehead atoms. The van der Waals surface area contributed by atoms with Crippen molar-refractivity contribution >= 4 is 17.5 Å². The van der Waals surface area contributed by atoms with Crippen LogP contribution in [0.15, 0.2) is 18.2 Å². The first-order valence-electron chi connectivity index (χ1n) is 6.53. The lowest BCUT2D eigenvalue weighted by Gasteiger charge is -2.40. The van der Waals surface area contributed by atoms with Crippen molar-refractivity contribution < 1.29 is 13.9 Å². The van der Waals surface area contributed by atoms with Crippen LogP contribution in [0, 0.1) is 5.82 Å². The van der Waals surface area contributed by atoms with Crippen LogP contribution in [0.2, 0.25) is 5.02 Å². The van der Waals surface area contributed by atoms with E-state index in [0.717, 1.165) is 0 Å². The van der Waals surface area contributed by atoms with Crippen molar-refractivity contribution in [2.75, 3.05) is 20.3 Å². The fraction of sp³-hybridized carbons (Fsp3) is 0.500. The van der Waals surface area contributed by atoms with Gasteiger partial charge in [0.1, 0.15) is 5.82 Å². The number of rotatable bonds is 4. The molecule has 2 unspecified atom stereocenters. The zero-order valence-electron chi connectivity index (χ0n) is 11.3. The highest BCUT2D eigenvalue weighted by Gasteiger charge is 2.36. The average Bonchev–Trinajstić information content (AvgIpc) is 2.42. The summed E-state index contributed by atoms with van der Waals surface area (Å²) in [5.41, 5.74) is 6.48. The third-order valence-electron chi connectivity index (χ3n) is 3.57. The molecule has 0 radical (unpaired) electrons. The molecule has 1 fully saturated rings. The Balaban J connectivity index is 2.36. The maximum Gasteiger partial charge on any atom is 0.223 e. The summed E-state index contributed by atoms with van der Waals surface area (Å²) >= 11 is 5.94. The number of amides is 1. The Hall–Kier alpha value is -1.17. The molecule has 1 aliphatic heterocycles. The number of benzene rings is 1. The molecule has 1 aliphatic rings. The Labute approximate surface area is 122 Å². The maximum atomic E-state index is 14.1. The molecule has 1 saturated heterocycles. The Kier molecular flexibility index (Phi) is 4.96. The first-order valence-corrected chi connectivity index (χ1v) is 6.91. The fourth-order valence-electron chi connectivity index (χ4n) is 2.57. The predicted molar refractivity (Wildman–Crippen MR) is 74.9 cm³/mol. The van der Waals surface area contributed by atoms with Gasteiger partial charge in [-0.2, -0.15) is 0 Å². The zero-order chi connectivity index (χ0) is 14.7. The van der Waals surface area contributed by atoms with Crippen LogP contribution in [0.3, 0.4) is 0 Å². The molecule has 20 heavy (non-hydrogen) atoms. The van der Waals surface area contributed by atoms with Gasteiger partial charge in [0.2, 0.25) is 5.91 Å². The van der Waals surface area contributed by atoms with Crippen LogP contribution in [0.5, 0.6) is 0 Å². The van der Waals surface area contributed by atoms with E-state index < -0.39 is 11.9 Å². The molecule has 2 atom stereocenters. The number of halogens is 2. The minimum atomic E-state index is -0.495. The van der Waals surface area contributed by atoms with Crippen molar-refractivity contribution in [2.45, 2.75) is 24.9 Å². The molecule has 0 aromatic heterocycles. The first kappa shape index (κ1) is 15.2. The fourth-order valence-corrected chi connectivity index (χ4v) is 2.75. The minimum Gasteiger partial charge on any atom is -0.383 e. The molecule has 0 saturated carbocycles. The van der Waals surface area contributed by atoms with Gasteiger partial charge in [-0.1, -0.05) is 11.6 Å². The van der Waals surface area contributed by atoms with E-state index in [-0.39, 0.29) is 11.9 Å². The lowest BCUT2D eigenvalue weighted by Crippen LogP contribution is -2.50. The minimum absolute atomic E-state index is 0.0341. The largest absolute Gasteiger partial charge is 0.383 e. The van der Waals surface area contributed by atoms with Gasteiger partial charge in [-0.3, -0.25) is 4.79 Å². The number of likely N-dealkylation sites (tertiary alicyclic amines) is 1. The summed E-state index contributed by atoms with van der Waals surface area (Å²) in [6, 6.07) is 3.52. The van der Waals surface area contributed by atoms with Gasteiger partial charge in [-0.05, 0) is 24.6 Å². The quantitative estimate of drug-likeness (QED) is 0.926. The van der Waals surface area contributed by atoms with Gasteiger partial charge in [0.15, 0.2) is 0 Å². The standard InChI is InChI=1S/C14H18ClFN2O2/c1-20-7-6-18-13(19)5-4-12(17)14(18)10-8-9(15)2-3-11(10)16/h2-3,8,12,14H,4-7,17H2,1H3. The smallest absolute Gasteiger partial charge is 0.223 e. The van der Waals surface area contributed by atoms with Gasteiger partial charge < -0.3 is 15.4 Å². The van der Waals surface area contributed by atoms with E-state index in [4.69, 9.17) is 22.1 Å². The molecule has 0 aliphatic carbocycles. The summed E-state index contributed by atoms with van der Waals surface area (Å²) in [6.45, 7) is 0.775. The summed E-state index contributed by atoms with van der Waals surface area (Å²) in [4.78, 5) is 13.7. The van der Waals surface area contributed by atoms with E-state index in [1.807, 2.05) is 0 Å². The topological polar surface area (TPSA) is 55.6 Å². The lowest BCUT2D eigenvalue weighted by molar-refractivity contribution is -0.138. The van der Waals surface area contributed by atoms with Gasteiger partial charge in [0.05, 0.1) is 12.6 Å². The van der Waals surface area contributed by atoms with Crippen molar-refractivity contribution in [2.24, 2.45) is 5.73 Å². The van der Waals surface area contributed by atoms with Crippen LogP contribution < -0.4 is 5.73 Å². The molecule has 4 nitrogen and oxygen atoms in total. The molecule has 1 aromatic rings. The molecule has 0 spiro atoms. The highest BCUT2D eigenvalue weighted by atomic mass is 35.5. The molecule has 1 aromatic carbocycles. The highest BCUT2D eigenvalue weighted by Crippen LogP contribution is 2.33.